The van der Waals surface area contributed by atoms with Crippen LogP contribution >= 0.6 is 0 Å². The first-order chi connectivity index (χ1) is 10.1. The molecule has 21 heavy (non-hydrogen) atoms. The summed E-state index contributed by atoms with van der Waals surface area (Å²) in [4.78, 5) is 17.0. The molecule has 0 fully saturated rings. The zero-order chi connectivity index (χ0) is 15.4. The molecule has 0 saturated heterocycles. The number of rotatable bonds is 6. The number of ether oxygens (including phenoxy) is 2. The maximum atomic E-state index is 12.5. The van der Waals surface area contributed by atoms with Crippen molar-refractivity contribution in [2.45, 2.75) is 26.6 Å². The third-order valence-corrected chi connectivity index (χ3v) is 3.42. The lowest BCUT2D eigenvalue weighted by Crippen LogP contribution is -2.35. The second kappa shape index (κ2) is 6.69. The van der Waals surface area contributed by atoms with Crippen LogP contribution in [0.3, 0.4) is 0 Å². The van der Waals surface area contributed by atoms with E-state index < -0.39 is 6.29 Å². The number of methoxy groups -OCH3 is 2. The standard InChI is InChI=1S/C15H21N3O3/c1-5-11-13(15(19)16-9-12(20-3)21-4)18-8-6-7-10(2)14(18)17-11/h6-8,12H,5,9H2,1-4H3,(H,16,19). The molecule has 2 rings (SSSR count). The second-order valence-electron chi connectivity index (χ2n) is 4.76. The molecule has 0 atom stereocenters. The minimum atomic E-state index is -0.458. The molecule has 0 bridgehead atoms. The van der Waals surface area contributed by atoms with Crippen LogP contribution < -0.4 is 5.32 Å². The van der Waals surface area contributed by atoms with Crippen molar-refractivity contribution < 1.29 is 14.3 Å². The Hall–Kier alpha value is -1.92. The SMILES string of the molecule is CCc1nc2c(C)cccn2c1C(=O)NCC(OC)OC. The molecule has 0 saturated carbocycles. The fourth-order valence-corrected chi connectivity index (χ4v) is 2.26. The van der Waals surface area contributed by atoms with E-state index in [1.54, 1.807) is 0 Å². The Kier molecular flexibility index (Phi) is 4.93. The number of aryl methyl sites for hydroxylation is 2. The van der Waals surface area contributed by atoms with Crippen LogP contribution in [0.2, 0.25) is 0 Å². The Morgan fingerprint density at radius 1 is 1.43 bits per heavy atom. The lowest BCUT2D eigenvalue weighted by Gasteiger charge is -2.14. The normalized spacial score (nSPS) is 11.3. The van der Waals surface area contributed by atoms with E-state index in [0.29, 0.717) is 12.1 Å². The quantitative estimate of drug-likeness (QED) is 0.820. The maximum Gasteiger partial charge on any atom is 0.270 e. The molecular weight excluding hydrogens is 270 g/mol. The highest BCUT2D eigenvalue weighted by Crippen LogP contribution is 2.16. The van der Waals surface area contributed by atoms with Gasteiger partial charge in [0.05, 0.1) is 12.2 Å². The molecule has 0 aliphatic heterocycles. The van der Waals surface area contributed by atoms with E-state index in [2.05, 4.69) is 10.3 Å². The van der Waals surface area contributed by atoms with Crippen molar-refractivity contribution >= 4 is 11.6 Å². The molecule has 2 aromatic heterocycles. The number of amides is 1. The Bertz CT molecular complexity index is 632. The third kappa shape index (κ3) is 3.06. The highest BCUT2D eigenvalue weighted by atomic mass is 16.7. The molecule has 1 amide bonds. The summed E-state index contributed by atoms with van der Waals surface area (Å²) in [6, 6.07) is 3.89. The minimum Gasteiger partial charge on any atom is -0.354 e. The van der Waals surface area contributed by atoms with Crippen LogP contribution in [0.15, 0.2) is 18.3 Å². The van der Waals surface area contributed by atoms with Gasteiger partial charge in [-0.15, -0.1) is 0 Å². The van der Waals surface area contributed by atoms with Gasteiger partial charge >= 0.3 is 0 Å². The van der Waals surface area contributed by atoms with Gasteiger partial charge in [0.2, 0.25) is 0 Å². The van der Waals surface area contributed by atoms with Crippen LogP contribution in [0.1, 0.15) is 28.7 Å². The van der Waals surface area contributed by atoms with Crippen molar-refractivity contribution in [2.75, 3.05) is 20.8 Å². The predicted molar refractivity (Wildman–Crippen MR) is 79.4 cm³/mol. The zero-order valence-corrected chi connectivity index (χ0v) is 12.8. The highest BCUT2D eigenvalue weighted by molar-refractivity contribution is 5.94. The van der Waals surface area contributed by atoms with Crippen LogP contribution in [0, 0.1) is 6.92 Å². The predicted octanol–water partition coefficient (Wildman–Crippen LogP) is 1.55. The van der Waals surface area contributed by atoms with Crippen LogP contribution in [0.5, 0.6) is 0 Å². The molecule has 0 aliphatic rings. The summed E-state index contributed by atoms with van der Waals surface area (Å²) in [5.74, 6) is -0.177. The van der Waals surface area contributed by atoms with E-state index in [1.807, 2.05) is 36.6 Å². The monoisotopic (exact) mass is 291 g/mol. The van der Waals surface area contributed by atoms with E-state index in [0.717, 1.165) is 16.9 Å². The van der Waals surface area contributed by atoms with Crippen molar-refractivity contribution in [3.63, 3.8) is 0 Å². The molecule has 6 nitrogen and oxygen atoms in total. The first kappa shape index (κ1) is 15.5. The maximum absolute atomic E-state index is 12.5. The van der Waals surface area contributed by atoms with Crippen molar-refractivity contribution in [2.24, 2.45) is 0 Å². The lowest BCUT2D eigenvalue weighted by molar-refractivity contribution is -0.0974. The largest absolute Gasteiger partial charge is 0.354 e. The van der Waals surface area contributed by atoms with Crippen LogP contribution in [0.25, 0.3) is 5.65 Å². The summed E-state index contributed by atoms with van der Waals surface area (Å²) >= 11 is 0. The van der Waals surface area contributed by atoms with Crippen LogP contribution in [-0.2, 0) is 15.9 Å². The van der Waals surface area contributed by atoms with Crippen molar-refractivity contribution in [3.8, 4) is 0 Å². The average Bonchev–Trinajstić information content (AvgIpc) is 2.88. The average molecular weight is 291 g/mol. The number of aromatic nitrogens is 2. The van der Waals surface area contributed by atoms with E-state index in [-0.39, 0.29) is 12.5 Å². The van der Waals surface area contributed by atoms with Gasteiger partial charge in [0.15, 0.2) is 6.29 Å². The van der Waals surface area contributed by atoms with Gasteiger partial charge in [0.25, 0.3) is 5.91 Å². The zero-order valence-electron chi connectivity index (χ0n) is 12.8. The summed E-state index contributed by atoms with van der Waals surface area (Å²) < 4.78 is 12.0. The van der Waals surface area contributed by atoms with Gasteiger partial charge in [-0.1, -0.05) is 13.0 Å². The highest BCUT2D eigenvalue weighted by Gasteiger charge is 2.19. The van der Waals surface area contributed by atoms with E-state index in [1.165, 1.54) is 14.2 Å². The molecule has 0 spiro atoms. The number of nitrogens with one attached hydrogen (secondary N) is 1. The Morgan fingerprint density at radius 2 is 2.14 bits per heavy atom. The first-order valence-corrected chi connectivity index (χ1v) is 6.92. The number of carbonyl (C=O) groups excluding carboxylic acids is 1. The number of hydrogen-bond acceptors (Lipinski definition) is 4. The molecular formula is C15H21N3O3. The molecule has 0 aromatic carbocycles. The fourth-order valence-electron chi connectivity index (χ4n) is 2.26. The topological polar surface area (TPSA) is 64.9 Å². The van der Waals surface area contributed by atoms with Crippen molar-refractivity contribution in [3.05, 3.63) is 35.3 Å². The molecule has 2 heterocycles. The lowest BCUT2D eigenvalue weighted by atomic mass is 10.2. The summed E-state index contributed by atoms with van der Waals surface area (Å²) in [6.45, 7) is 4.25. The van der Waals surface area contributed by atoms with E-state index >= 15 is 0 Å². The number of hydrogen-bond donors (Lipinski definition) is 1. The van der Waals surface area contributed by atoms with E-state index in [9.17, 15) is 4.79 Å². The number of imidazole rings is 1. The van der Waals surface area contributed by atoms with Crippen LogP contribution in [-0.4, -0.2) is 42.3 Å². The second-order valence-corrected chi connectivity index (χ2v) is 4.76. The van der Waals surface area contributed by atoms with Gasteiger partial charge in [0.1, 0.15) is 11.3 Å². The van der Waals surface area contributed by atoms with Gasteiger partial charge in [-0.3, -0.25) is 9.20 Å². The molecule has 2 aromatic rings. The van der Waals surface area contributed by atoms with Gasteiger partial charge in [0, 0.05) is 20.4 Å². The number of pyridine rings is 1. The van der Waals surface area contributed by atoms with E-state index in [4.69, 9.17) is 9.47 Å². The summed E-state index contributed by atoms with van der Waals surface area (Å²) in [6.07, 6.45) is 2.09. The Labute approximate surface area is 124 Å². The first-order valence-electron chi connectivity index (χ1n) is 6.92. The molecule has 0 unspecified atom stereocenters. The van der Waals surface area contributed by atoms with Gasteiger partial charge in [-0.2, -0.15) is 0 Å². The number of nitrogens with zero attached hydrogens (tertiary/aromatic N) is 2. The van der Waals surface area contributed by atoms with Crippen LogP contribution in [0.4, 0.5) is 0 Å². The van der Waals surface area contributed by atoms with Gasteiger partial charge in [-0.05, 0) is 25.0 Å². The molecule has 0 aliphatic carbocycles. The molecule has 6 heteroatoms. The smallest absolute Gasteiger partial charge is 0.270 e. The van der Waals surface area contributed by atoms with Gasteiger partial charge in [-0.25, -0.2) is 4.98 Å². The third-order valence-electron chi connectivity index (χ3n) is 3.42. The minimum absolute atomic E-state index is 0.177. The summed E-state index contributed by atoms with van der Waals surface area (Å²) in [5.41, 5.74) is 3.21. The van der Waals surface area contributed by atoms with Crippen molar-refractivity contribution in [1.29, 1.82) is 0 Å². The summed E-state index contributed by atoms with van der Waals surface area (Å²) in [7, 11) is 3.07. The molecule has 114 valence electrons. The summed E-state index contributed by atoms with van der Waals surface area (Å²) in [5, 5.41) is 2.82. The van der Waals surface area contributed by atoms with Gasteiger partial charge < -0.3 is 14.8 Å². The van der Waals surface area contributed by atoms with Crippen molar-refractivity contribution in [1.82, 2.24) is 14.7 Å². The fraction of sp³-hybridized carbons (Fsp3) is 0.467. The number of carbonyl (C=O) groups is 1. The number of fused-ring (bicyclic) bond motifs is 1. The molecule has 0 radical (unpaired) electrons. The Balaban J connectivity index is 2.32. The Morgan fingerprint density at radius 3 is 2.76 bits per heavy atom. The molecule has 1 N–H and O–H groups in total.